The molecule has 5 N–H and O–H groups in total. The van der Waals surface area contributed by atoms with Gasteiger partial charge in [-0.25, -0.2) is 19.3 Å². The van der Waals surface area contributed by atoms with Crippen LogP contribution in [0.5, 0.6) is 0 Å². The molecule has 0 radical (unpaired) electrons. The summed E-state index contributed by atoms with van der Waals surface area (Å²) >= 11 is 0. The van der Waals surface area contributed by atoms with E-state index in [1.54, 1.807) is 32.0 Å². The first-order valence-corrected chi connectivity index (χ1v) is 12.5. The highest BCUT2D eigenvalue weighted by Crippen LogP contribution is 2.66. The van der Waals surface area contributed by atoms with E-state index in [0.717, 1.165) is 12.8 Å². The molecule has 1 aromatic carbocycles. The van der Waals surface area contributed by atoms with Gasteiger partial charge in [0.05, 0.1) is 16.8 Å². The van der Waals surface area contributed by atoms with Crippen molar-refractivity contribution < 1.29 is 13.5 Å². The van der Waals surface area contributed by atoms with Crippen LogP contribution >= 0.6 is 10.6 Å². The number of fused-ring (bicyclic) bond motifs is 1. The minimum absolute atomic E-state index is 0.0729. The van der Waals surface area contributed by atoms with Crippen molar-refractivity contribution in [2.75, 3.05) is 11.1 Å². The lowest BCUT2D eigenvalue weighted by molar-refractivity contribution is 0.402. The number of nitrogens with two attached hydrogens (primary N) is 1. The van der Waals surface area contributed by atoms with Gasteiger partial charge in [-0.15, -0.1) is 0 Å². The number of nitrogens with zero attached hydrogens (tertiary/aromatic N) is 5. The molecule has 176 valence electrons. The summed E-state index contributed by atoms with van der Waals surface area (Å²) in [5, 5.41) is 12.2. The second-order valence-corrected chi connectivity index (χ2v) is 11.7. The molecule has 3 aromatic rings. The highest BCUT2D eigenvalue weighted by Gasteiger charge is 2.58. The normalized spacial score (nSPS) is 27.0. The number of halogens is 1. The zero-order valence-electron chi connectivity index (χ0n) is 18.7. The molecule has 9 nitrogen and oxygen atoms in total. The number of nitrogens with one attached hydrogen (secondary N) is 1. The smallest absolute Gasteiger partial charge is 0.160 e. The molecule has 34 heavy (non-hydrogen) atoms. The highest BCUT2D eigenvalue weighted by molar-refractivity contribution is 8.26. The Morgan fingerprint density at radius 1 is 1.21 bits per heavy atom. The van der Waals surface area contributed by atoms with Crippen LogP contribution in [0, 0.1) is 23.1 Å². The first kappa shape index (κ1) is 22.5. The Labute approximate surface area is 197 Å². The molecule has 0 amide bonds. The molecule has 1 saturated carbocycles. The number of aliphatic imine (C=N–C) groups is 1. The van der Waals surface area contributed by atoms with Crippen LogP contribution in [-0.2, 0) is 5.54 Å². The summed E-state index contributed by atoms with van der Waals surface area (Å²) in [4.78, 5) is 17.3. The van der Waals surface area contributed by atoms with Gasteiger partial charge in [-0.05, 0) is 56.9 Å². The van der Waals surface area contributed by atoms with Crippen molar-refractivity contribution in [2.45, 2.75) is 37.0 Å². The Kier molecular flexibility index (Phi) is 5.02. The largest absolute Gasteiger partial charge is 0.386 e. The van der Waals surface area contributed by atoms with E-state index < -0.39 is 26.7 Å². The van der Waals surface area contributed by atoms with E-state index in [1.165, 1.54) is 18.6 Å². The van der Waals surface area contributed by atoms with Crippen LogP contribution in [0.2, 0.25) is 0 Å². The Bertz CT molecular complexity index is 1390. The fourth-order valence-corrected chi connectivity index (χ4v) is 7.07. The van der Waals surface area contributed by atoms with E-state index in [4.69, 9.17) is 11.0 Å². The van der Waals surface area contributed by atoms with E-state index >= 15 is 4.39 Å². The molecule has 3 heterocycles. The number of hydrogen-bond donors (Lipinski definition) is 4. The van der Waals surface area contributed by atoms with Crippen LogP contribution in [0.3, 0.4) is 0 Å². The van der Waals surface area contributed by atoms with E-state index in [0.29, 0.717) is 28.1 Å². The first-order valence-electron chi connectivity index (χ1n) is 10.8. The van der Waals surface area contributed by atoms with Crippen molar-refractivity contribution in [3.05, 3.63) is 53.7 Å². The number of amidine groups is 1. The predicted octanol–water partition coefficient (Wildman–Crippen LogP) is 4.28. The standard InChI is InChI=1S/C23H24FN7O2S/c1-22(11-34(32,33)23(2,14-3-4-14)21(26)31-22)16-8-15(5-6-17(16)24)30-20-19-18(28-12-29-20)7-13(9-25)10-27-19/h5-8,10,12,14,32-33H,3-4,11H2,1-2H3,(H2,26,31)(H,28,29,30)/t22-,23-/m0/s1. The minimum atomic E-state index is -3.19. The molecular formula is C23H24FN7O2S. The quantitative estimate of drug-likeness (QED) is 0.430. The summed E-state index contributed by atoms with van der Waals surface area (Å²) in [6.07, 6.45) is 4.50. The van der Waals surface area contributed by atoms with Gasteiger partial charge in [-0.2, -0.15) is 15.9 Å². The summed E-state index contributed by atoms with van der Waals surface area (Å²) in [5.41, 5.74) is 7.06. The zero-order chi connectivity index (χ0) is 24.3. The predicted molar refractivity (Wildman–Crippen MR) is 130 cm³/mol. The van der Waals surface area contributed by atoms with Gasteiger partial charge < -0.3 is 11.1 Å². The molecule has 2 aromatic heterocycles. The molecule has 5 rings (SSSR count). The molecule has 1 aliphatic carbocycles. The fourth-order valence-electron chi connectivity index (χ4n) is 4.62. The zero-order valence-corrected chi connectivity index (χ0v) is 19.5. The van der Waals surface area contributed by atoms with Crippen molar-refractivity contribution in [1.29, 1.82) is 5.26 Å². The molecule has 0 unspecified atom stereocenters. The molecule has 1 aliphatic heterocycles. The third-order valence-corrected chi connectivity index (χ3v) is 9.67. The van der Waals surface area contributed by atoms with Gasteiger partial charge in [-0.3, -0.25) is 14.1 Å². The van der Waals surface area contributed by atoms with Crippen LogP contribution in [0.25, 0.3) is 11.0 Å². The molecular weight excluding hydrogens is 457 g/mol. The molecule has 0 bridgehead atoms. The summed E-state index contributed by atoms with van der Waals surface area (Å²) in [6.45, 7) is 3.41. The number of hydrogen-bond acceptors (Lipinski definition) is 9. The minimum Gasteiger partial charge on any atom is -0.386 e. The summed E-state index contributed by atoms with van der Waals surface area (Å²) < 4.78 is 36.3. The van der Waals surface area contributed by atoms with Crippen LogP contribution in [0.15, 0.2) is 41.8 Å². The lowest BCUT2D eigenvalue weighted by Crippen LogP contribution is -2.55. The first-order chi connectivity index (χ1) is 16.1. The van der Waals surface area contributed by atoms with Gasteiger partial charge in [0.2, 0.25) is 0 Å². The molecule has 1 fully saturated rings. The third-order valence-electron chi connectivity index (χ3n) is 6.81. The number of aromatic nitrogens is 3. The van der Waals surface area contributed by atoms with Crippen molar-refractivity contribution in [3.8, 4) is 6.07 Å². The third kappa shape index (κ3) is 3.46. The van der Waals surface area contributed by atoms with Crippen molar-refractivity contribution in [2.24, 2.45) is 16.6 Å². The number of pyridine rings is 1. The maximum atomic E-state index is 15.1. The second kappa shape index (κ2) is 7.59. The summed E-state index contributed by atoms with van der Waals surface area (Å²) in [7, 11) is -3.19. The van der Waals surface area contributed by atoms with E-state index in [9.17, 15) is 9.11 Å². The van der Waals surface area contributed by atoms with Crippen LogP contribution in [0.4, 0.5) is 15.9 Å². The Hall–Kier alpha value is -3.33. The second-order valence-electron chi connectivity index (χ2n) is 9.21. The molecule has 0 spiro atoms. The van der Waals surface area contributed by atoms with Gasteiger partial charge in [-0.1, -0.05) is 0 Å². The highest BCUT2D eigenvalue weighted by atomic mass is 32.3. The maximum Gasteiger partial charge on any atom is 0.160 e. The van der Waals surface area contributed by atoms with Crippen molar-refractivity contribution >= 4 is 39.0 Å². The molecule has 0 saturated heterocycles. The van der Waals surface area contributed by atoms with Gasteiger partial charge >= 0.3 is 0 Å². The monoisotopic (exact) mass is 481 g/mol. The van der Waals surface area contributed by atoms with Gasteiger partial charge in [0.1, 0.15) is 39.9 Å². The number of nitriles is 1. The average Bonchev–Trinajstić information content (AvgIpc) is 3.64. The maximum absolute atomic E-state index is 15.1. The van der Waals surface area contributed by atoms with E-state index in [-0.39, 0.29) is 23.1 Å². The SMILES string of the molecule is C[C@@]1(c2cc(Nc3ncnc4cc(C#N)cnc34)ccc2F)CS(O)(O)[C@@](C)(C2CC2)C(N)=N1. The number of benzene rings is 1. The van der Waals surface area contributed by atoms with E-state index in [2.05, 4.69) is 25.3 Å². The van der Waals surface area contributed by atoms with Crippen LogP contribution in [-0.4, -0.2) is 40.4 Å². The van der Waals surface area contributed by atoms with Gasteiger partial charge in [0.15, 0.2) is 5.82 Å². The molecule has 2 atom stereocenters. The summed E-state index contributed by atoms with van der Waals surface area (Å²) in [5.74, 6) is -0.0404. The van der Waals surface area contributed by atoms with E-state index in [1.807, 2.05) is 6.07 Å². The average molecular weight is 482 g/mol. The van der Waals surface area contributed by atoms with Gasteiger partial charge in [0, 0.05) is 17.4 Å². The fraction of sp³-hybridized carbons (Fsp3) is 0.348. The topological polar surface area (TPSA) is 153 Å². The number of anilines is 2. The number of rotatable bonds is 4. The van der Waals surface area contributed by atoms with Gasteiger partial charge in [0.25, 0.3) is 0 Å². The Morgan fingerprint density at radius 2 is 1.97 bits per heavy atom. The Balaban J connectivity index is 1.54. The van der Waals surface area contributed by atoms with Crippen LogP contribution < -0.4 is 11.1 Å². The molecule has 2 aliphatic rings. The Morgan fingerprint density at radius 3 is 2.65 bits per heavy atom. The summed E-state index contributed by atoms with van der Waals surface area (Å²) in [6, 6.07) is 8.03. The van der Waals surface area contributed by atoms with Crippen molar-refractivity contribution in [3.63, 3.8) is 0 Å². The lowest BCUT2D eigenvalue weighted by atomic mass is 9.92. The van der Waals surface area contributed by atoms with Crippen LogP contribution in [0.1, 0.15) is 37.8 Å². The van der Waals surface area contributed by atoms with Crippen molar-refractivity contribution in [1.82, 2.24) is 15.0 Å². The molecule has 11 heteroatoms. The lowest BCUT2D eigenvalue weighted by Gasteiger charge is -2.55.